The Morgan fingerprint density at radius 3 is 2.16 bits per heavy atom. The molecule has 0 radical (unpaired) electrons. The van der Waals surface area contributed by atoms with E-state index >= 15 is 0 Å². The fourth-order valence-electron chi connectivity index (χ4n) is 2.29. The molecule has 0 atom stereocenters. The minimum absolute atomic E-state index is 0.168. The first-order chi connectivity index (χ1) is 12.0. The quantitative estimate of drug-likeness (QED) is 0.545. The van der Waals surface area contributed by atoms with E-state index in [1.54, 1.807) is 48.5 Å². The summed E-state index contributed by atoms with van der Waals surface area (Å²) < 4.78 is 5.71. The lowest BCUT2D eigenvalue weighted by Crippen LogP contribution is -2.15. The zero-order chi connectivity index (χ0) is 17.8. The van der Waals surface area contributed by atoms with Gasteiger partial charge in [-0.1, -0.05) is 18.2 Å². The highest BCUT2D eigenvalue weighted by Crippen LogP contribution is 2.34. The Labute approximate surface area is 145 Å². The van der Waals surface area contributed by atoms with Crippen molar-refractivity contribution in [1.82, 2.24) is 0 Å². The van der Waals surface area contributed by atoms with Crippen molar-refractivity contribution in [3.05, 3.63) is 72.3 Å². The van der Waals surface area contributed by atoms with E-state index in [4.69, 9.17) is 21.9 Å². The van der Waals surface area contributed by atoms with Gasteiger partial charge in [0.05, 0.1) is 16.9 Å². The monoisotopic (exact) mass is 334 g/mol. The van der Waals surface area contributed by atoms with Crippen molar-refractivity contribution < 1.29 is 9.53 Å². The molecule has 0 heterocycles. The van der Waals surface area contributed by atoms with Crippen molar-refractivity contribution in [2.24, 2.45) is 0 Å². The summed E-state index contributed by atoms with van der Waals surface area (Å²) >= 11 is 0. The molecule has 0 saturated carbocycles. The summed E-state index contributed by atoms with van der Waals surface area (Å²) in [6.07, 6.45) is 0. The van der Waals surface area contributed by atoms with Crippen LogP contribution in [0.2, 0.25) is 0 Å². The number of rotatable bonds is 4. The minimum Gasteiger partial charge on any atom is -0.455 e. The fraction of sp³-hybridized carbons (Fsp3) is 0. The fourth-order valence-corrected chi connectivity index (χ4v) is 2.29. The topological polar surface area (TPSA) is 116 Å². The Bertz CT molecular complexity index is 893. The number of amides is 1. The lowest BCUT2D eigenvalue weighted by molar-refractivity contribution is 0.102. The minimum atomic E-state index is -0.338. The lowest BCUT2D eigenvalue weighted by Gasteiger charge is -2.14. The van der Waals surface area contributed by atoms with E-state index in [9.17, 15) is 4.79 Å². The second-order valence-electron chi connectivity index (χ2n) is 5.43. The first-order valence-corrected chi connectivity index (χ1v) is 7.62. The third-order valence-corrected chi connectivity index (χ3v) is 3.63. The van der Waals surface area contributed by atoms with Crippen LogP contribution in [0.3, 0.4) is 0 Å². The summed E-state index contributed by atoms with van der Waals surface area (Å²) in [4.78, 5) is 12.4. The van der Waals surface area contributed by atoms with Gasteiger partial charge in [-0.25, -0.2) is 0 Å². The predicted octanol–water partition coefficient (Wildman–Crippen LogP) is 3.48. The van der Waals surface area contributed by atoms with Crippen LogP contribution < -0.4 is 27.3 Å². The molecule has 1 amide bonds. The summed E-state index contributed by atoms with van der Waals surface area (Å²) in [7, 11) is 0. The van der Waals surface area contributed by atoms with Crippen LogP contribution in [0.15, 0.2) is 66.7 Å². The summed E-state index contributed by atoms with van der Waals surface area (Å²) in [5.41, 5.74) is 19.7. The van der Waals surface area contributed by atoms with Gasteiger partial charge in [0.1, 0.15) is 5.75 Å². The number of nitrogen functional groups attached to an aromatic ring is 3. The van der Waals surface area contributed by atoms with Gasteiger partial charge >= 0.3 is 0 Å². The number of hydrogen-bond acceptors (Lipinski definition) is 5. The van der Waals surface area contributed by atoms with Crippen molar-refractivity contribution in [3.8, 4) is 11.5 Å². The van der Waals surface area contributed by atoms with E-state index in [1.807, 2.05) is 18.2 Å². The van der Waals surface area contributed by atoms with Crippen molar-refractivity contribution in [1.29, 1.82) is 0 Å². The maximum absolute atomic E-state index is 12.4. The van der Waals surface area contributed by atoms with Crippen LogP contribution in [0, 0.1) is 0 Å². The van der Waals surface area contributed by atoms with E-state index in [-0.39, 0.29) is 22.8 Å². The smallest absolute Gasteiger partial charge is 0.257 e. The van der Waals surface area contributed by atoms with Crippen molar-refractivity contribution in [3.63, 3.8) is 0 Å². The number of carbonyl (C=O) groups excluding carboxylic acids is 1. The zero-order valence-electron chi connectivity index (χ0n) is 13.4. The normalized spacial score (nSPS) is 10.2. The van der Waals surface area contributed by atoms with E-state index in [2.05, 4.69) is 5.32 Å². The van der Waals surface area contributed by atoms with Crippen LogP contribution in [-0.4, -0.2) is 5.91 Å². The molecule has 0 aliphatic rings. The largest absolute Gasteiger partial charge is 0.455 e. The average Bonchev–Trinajstić information content (AvgIpc) is 2.62. The van der Waals surface area contributed by atoms with Crippen LogP contribution in [0.5, 0.6) is 11.5 Å². The standard InChI is InChI=1S/C19H18N4O2/c20-12-6-8-14(9-7-12)25-16-11-10-15(17(21)18(16)22)19(24)23-13-4-2-1-3-5-13/h1-11H,20-22H2,(H,23,24). The second-order valence-corrected chi connectivity index (χ2v) is 5.43. The third kappa shape index (κ3) is 3.64. The Hall–Kier alpha value is -3.67. The van der Waals surface area contributed by atoms with E-state index in [0.29, 0.717) is 22.9 Å². The zero-order valence-corrected chi connectivity index (χ0v) is 13.4. The number of para-hydroxylation sites is 1. The van der Waals surface area contributed by atoms with Crippen molar-refractivity contribution >= 4 is 28.7 Å². The Morgan fingerprint density at radius 1 is 0.800 bits per heavy atom. The number of nitrogens with two attached hydrogens (primary N) is 3. The molecule has 0 fully saturated rings. The molecule has 0 aliphatic heterocycles. The Balaban J connectivity index is 1.82. The first kappa shape index (κ1) is 16.2. The molecule has 3 aromatic carbocycles. The molecule has 0 unspecified atom stereocenters. The maximum Gasteiger partial charge on any atom is 0.257 e. The van der Waals surface area contributed by atoms with Gasteiger partial charge in [-0.05, 0) is 48.5 Å². The predicted molar refractivity (Wildman–Crippen MR) is 101 cm³/mol. The van der Waals surface area contributed by atoms with Crippen LogP contribution in [0.25, 0.3) is 0 Å². The summed E-state index contributed by atoms with van der Waals surface area (Å²) in [6, 6.07) is 19.2. The number of ether oxygens (including phenoxy) is 1. The number of benzene rings is 3. The molecular formula is C19H18N4O2. The molecule has 0 bridgehead atoms. The highest BCUT2D eigenvalue weighted by atomic mass is 16.5. The van der Waals surface area contributed by atoms with Crippen LogP contribution in [-0.2, 0) is 0 Å². The van der Waals surface area contributed by atoms with Gasteiger partial charge in [0.15, 0.2) is 5.75 Å². The SMILES string of the molecule is Nc1ccc(Oc2ccc(C(=O)Nc3ccccc3)c(N)c2N)cc1. The highest BCUT2D eigenvalue weighted by Gasteiger charge is 2.16. The Kier molecular flexibility index (Phi) is 4.43. The first-order valence-electron chi connectivity index (χ1n) is 7.62. The highest BCUT2D eigenvalue weighted by molar-refractivity contribution is 6.09. The molecule has 25 heavy (non-hydrogen) atoms. The van der Waals surface area contributed by atoms with Crippen LogP contribution in [0.1, 0.15) is 10.4 Å². The Morgan fingerprint density at radius 2 is 1.48 bits per heavy atom. The van der Waals surface area contributed by atoms with Crippen LogP contribution >= 0.6 is 0 Å². The van der Waals surface area contributed by atoms with Crippen molar-refractivity contribution in [2.45, 2.75) is 0 Å². The molecule has 6 heteroatoms. The summed E-state index contributed by atoms with van der Waals surface area (Å²) in [5.74, 6) is 0.606. The molecular weight excluding hydrogens is 316 g/mol. The third-order valence-electron chi connectivity index (χ3n) is 3.63. The van der Waals surface area contributed by atoms with Gasteiger partial charge in [-0.2, -0.15) is 0 Å². The molecule has 3 aromatic rings. The summed E-state index contributed by atoms with van der Waals surface area (Å²) in [6.45, 7) is 0. The van der Waals surface area contributed by atoms with Gasteiger partial charge in [-0.15, -0.1) is 0 Å². The second kappa shape index (κ2) is 6.84. The van der Waals surface area contributed by atoms with E-state index in [1.165, 1.54) is 0 Å². The van der Waals surface area contributed by atoms with Crippen molar-refractivity contribution in [2.75, 3.05) is 22.5 Å². The van der Waals surface area contributed by atoms with Gasteiger partial charge < -0.3 is 27.3 Å². The van der Waals surface area contributed by atoms with E-state index < -0.39 is 0 Å². The van der Waals surface area contributed by atoms with Gasteiger partial charge in [0.25, 0.3) is 5.91 Å². The molecule has 3 rings (SSSR count). The molecule has 0 aliphatic carbocycles. The molecule has 0 aromatic heterocycles. The molecule has 7 N–H and O–H groups in total. The molecule has 6 nitrogen and oxygen atoms in total. The number of nitrogens with one attached hydrogen (secondary N) is 1. The molecule has 126 valence electrons. The van der Waals surface area contributed by atoms with Gasteiger partial charge in [0, 0.05) is 11.4 Å². The number of anilines is 4. The summed E-state index contributed by atoms with van der Waals surface area (Å²) in [5, 5.41) is 2.77. The van der Waals surface area contributed by atoms with E-state index in [0.717, 1.165) is 0 Å². The van der Waals surface area contributed by atoms with Gasteiger partial charge in [0.2, 0.25) is 0 Å². The average molecular weight is 334 g/mol. The van der Waals surface area contributed by atoms with Gasteiger partial charge in [-0.3, -0.25) is 4.79 Å². The molecule has 0 saturated heterocycles. The maximum atomic E-state index is 12.4. The van der Waals surface area contributed by atoms with Crippen LogP contribution in [0.4, 0.5) is 22.7 Å². The number of carbonyl (C=O) groups is 1. The number of hydrogen-bond donors (Lipinski definition) is 4. The lowest BCUT2D eigenvalue weighted by atomic mass is 10.1. The molecule has 0 spiro atoms.